The van der Waals surface area contributed by atoms with Gasteiger partial charge in [-0.05, 0) is 32.6 Å². The topological polar surface area (TPSA) is 55.5 Å². The van der Waals surface area contributed by atoms with Gasteiger partial charge in [-0.25, -0.2) is 0 Å². The highest BCUT2D eigenvalue weighted by Crippen LogP contribution is 2.37. The van der Waals surface area contributed by atoms with E-state index < -0.39 is 18.3 Å². The van der Waals surface area contributed by atoms with Crippen molar-refractivity contribution in [2.75, 3.05) is 0 Å². The minimum Gasteiger partial charge on any atom is -0.376 e. The fraction of sp³-hybridized carbons (Fsp3) is 1.00. The molecule has 0 radical (unpaired) electrons. The van der Waals surface area contributed by atoms with Crippen LogP contribution in [-0.2, 0) is 4.74 Å². The largest absolute Gasteiger partial charge is 0.430 e. The van der Waals surface area contributed by atoms with Crippen molar-refractivity contribution >= 4 is 0 Å². The monoisotopic (exact) mass is 269 g/mol. The zero-order valence-corrected chi connectivity index (χ0v) is 10.8. The Kier molecular flexibility index (Phi) is 5.03. The van der Waals surface area contributed by atoms with Gasteiger partial charge in [0.2, 0.25) is 5.72 Å². The molecule has 0 aromatic carbocycles. The molecule has 0 amide bonds. The second-order valence-electron chi connectivity index (χ2n) is 5.47. The Balaban J connectivity index is 2.52. The molecule has 1 rings (SSSR count). The first-order chi connectivity index (χ1) is 8.12. The highest BCUT2D eigenvalue weighted by atomic mass is 19.4. The smallest absolute Gasteiger partial charge is 0.376 e. The van der Waals surface area contributed by atoms with Gasteiger partial charge < -0.3 is 9.84 Å². The first kappa shape index (κ1) is 15.7. The molecule has 3 atom stereocenters. The lowest BCUT2D eigenvalue weighted by Gasteiger charge is -2.35. The molecule has 1 aliphatic carbocycles. The van der Waals surface area contributed by atoms with Crippen LogP contribution in [0.3, 0.4) is 0 Å². The minimum absolute atomic E-state index is 0.0206. The number of ether oxygens (including phenoxy) is 1. The number of nitrogens with two attached hydrogens (primary N) is 1. The van der Waals surface area contributed by atoms with Gasteiger partial charge in [0.25, 0.3) is 0 Å². The van der Waals surface area contributed by atoms with Crippen molar-refractivity contribution in [3.8, 4) is 0 Å². The Hall–Kier alpha value is -0.330. The summed E-state index contributed by atoms with van der Waals surface area (Å²) in [5.74, 6) is -0.237. The molecular formula is C12H22F3NO2. The Morgan fingerprint density at radius 1 is 1.33 bits per heavy atom. The Bertz CT molecular complexity index is 267. The first-order valence-electron chi connectivity index (χ1n) is 6.35. The number of alkyl halides is 3. The maximum absolute atomic E-state index is 12.5. The van der Waals surface area contributed by atoms with Gasteiger partial charge in [0.15, 0.2) is 0 Å². The van der Waals surface area contributed by atoms with E-state index in [0.717, 1.165) is 12.8 Å². The second kappa shape index (κ2) is 5.75. The Morgan fingerprint density at radius 2 is 1.94 bits per heavy atom. The zero-order chi connectivity index (χ0) is 14.0. The third kappa shape index (κ3) is 4.40. The van der Waals surface area contributed by atoms with Crippen LogP contribution in [0.2, 0.25) is 0 Å². The molecule has 0 saturated heterocycles. The van der Waals surface area contributed by atoms with Crippen LogP contribution >= 0.6 is 0 Å². The molecule has 0 aliphatic heterocycles. The van der Waals surface area contributed by atoms with Gasteiger partial charge in [0.05, 0.1) is 12.2 Å². The fourth-order valence-electron chi connectivity index (χ4n) is 2.49. The van der Waals surface area contributed by atoms with Crippen molar-refractivity contribution < 1.29 is 23.0 Å². The van der Waals surface area contributed by atoms with E-state index in [1.54, 1.807) is 0 Å². The van der Waals surface area contributed by atoms with Crippen LogP contribution in [0.1, 0.15) is 46.0 Å². The molecule has 1 aliphatic rings. The van der Waals surface area contributed by atoms with Crippen LogP contribution < -0.4 is 5.73 Å². The summed E-state index contributed by atoms with van der Waals surface area (Å²) < 4.78 is 43.1. The van der Waals surface area contributed by atoms with Crippen LogP contribution in [0.5, 0.6) is 0 Å². The van der Waals surface area contributed by atoms with Crippen LogP contribution in [-0.4, -0.2) is 29.2 Å². The van der Waals surface area contributed by atoms with Crippen molar-refractivity contribution in [1.82, 2.24) is 0 Å². The molecular weight excluding hydrogens is 247 g/mol. The molecule has 0 aromatic heterocycles. The molecule has 0 aromatic rings. The molecule has 18 heavy (non-hydrogen) atoms. The third-order valence-corrected chi connectivity index (χ3v) is 3.29. The van der Waals surface area contributed by atoms with Crippen molar-refractivity contribution in [2.24, 2.45) is 11.7 Å². The molecule has 3 N–H and O–H groups in total. The van der Waals surface area contributed by atoms with Crippen LogP contribution in [0.25, 0.3) is 0 Å². The highest BCUT2D eigenvalue weighted by molar-refractivity contribution is 4.85. The molecule has 3 nitrogen and oxygen atoms in total. The van der Waals surface area contributed by atoms with Gasteiger partial charge in [-0.3, -0.25) is 5.73 Å². The van der Waals surface area contributed by atoms with E-state index in [9.17, 15) is 18.3 Å². The van der Waals surface area contributed by atoms with Crippen molar-refractivity contribution in [2.45, 2.75) is 70.1 Å². The van der Waals surface area contributed by atoms with Gasteiger partial charge in [-0.2, -0.15) is 13.2 Å². The Labute approximate surface area is 105 Å². The average Bonchev–Trinajstić information content (AvgIpc) is 2.14. The van der Waals surface area contributed by atoms with Gasteiger partial charge in [-0.15, -0.1) is 0 Å². The third-order valence-electron chi connectivity index (χ3n) is 3.29. The second-order valence-corrected chi connectivity index (χ2v) is 5.47. The van der Waals surface area contributed by atoms with E-state index in [1.807, 2.05) is 13.8 Å². The number of hydrogen-bond acceptors (Lipinski definition) is 3. The summed E-state index contributed by atoms with van der Waals surface area (Å²) in [6.45, 7) is 3.80. The molecule has 108 valence electrons. The normalized spacial score (nSPS) is 29.3. The fourth-order valence-corrected chi connectivity index (χ4v) is 2.49. The number of rotatable bonds is 4. The van der Waals surface area contributed by atoms with Gasteiger partial charge in [0.1, 0.15) is 0 Å². The summed E-state index contributed by atoms with van der Waals surface area (Å²) in [7, 11) is 0. The number of halogens is 3. The summed E-state index contributed by atoms with van der Waals surface area (Å²) in [5, 5.41) is 9.28. The average molecular weight is 269 g/mol. The van der Waals surface area contributed by atoms with E-state index in [4.69, 9.17) is 10.5 Å². The van der Waals surface area contributed by atoms with E-state index in [-0.39, 0.29) is 18.1 Å². The van der Waals surface area contributed by atoms with Crippen molar-refractivity contribution in [1.29, 1.82) is 0 Å². The Morgan fingerprint density at radius 3 is 2.44 bits per heavy atom. The van der Waals surface area contributed by atoms with E-state index >= 15 is 0 Å². The van der Waals surface area contributed by atoms with Crippen molar-refractivity contribution in [3.05, 3.63) is 0 Å². The highest BCUT2D eigenvalue weighted by Gasteiger charge is 2.52. The number of aliphatic hydroxyl groups is 1. The van der Waals surface area contributed by atoms with E-state index in [0.29, 0.717) is 12.8 Å². The maximum Gasteiger partial charge on any atom is 0.430 e. The summed E-state index contributed by atoms with van der Waals surface area (Å²) in [4.78, 5) is 0. The summed E-state index contributed by atoms with van der Waals surface area (Å²) >= 11 is 0. The predicted octanol–water partition coefficient (Wildman–Crippen LogP) is 2.57. The lowest BCUT2D eigenvalue weighted by molar-refractivity contribution is -0.265. The van der Waals surface area contributed by atoms with Gasteiger partial charge in [-0.1, -0.05) is 12.8 Å². The lowest BCUT2D eigenvalue weighted by atomic mass is 9.82. The van der Waals surface area contributed by atoms with Crippen LogP contribution in [0.4, 0.5) is 13.2 Å². The molecule has 3 unspecified atom stereocenters. The molecule has 1 fully saturated rings. The minimum atomic E-state index is -4.78. The SMILES string of the molecule is CC(C)OC1CCCC(CC(N)(O)C(F)(F)F)C1. The zero-order valence-electron chi connectivity index (χ0n) is 10.8. The maximum atomic E-state index is 12.5. The summed E-state index contributed by atoms with van der Waals surface area (Å²) in [5.41, 5.74) is 1.88. The van der Waals surface area contributed by atoms with E-state index in [2.05, 4.69) is 0 Å². The van der Waals surface area contributed by atoms with Gasteiger partial charge in [0, 0.05) is 6.42 Å². The molecule has 0 bridgehead atoms. The summed E-state index contributed by atoms with van der Waals surface area (Å²) in [6.07, 6.45) is -2.31. The molecule has 0 spiro atoms. The molecule has 0 heterocycles. The van der Waals surface area contributed by atoms with Gasteiger partial charge >= 0.3 is 6.18 Å². The lowest BCUT2D eigenvalue weighted by Crippen LogP contribution is -2.54. The predicted molar refractivity (Wildman–Crippen MR) is 61.8 cm³/mol. The standard InChI is InChI=1S/C12H22F3NO2/c1-8(2)18-10-5-3-4-9(6-10)7-11(16,17)12(13,14)15/h8-10,17H,3-7,16H2,1-2H3. The number of hydrogen-bond donors (Lipinski definition) is 2. The molecule has 1 saturated carbocycles. The van der Waals surface area contributed by atoms with Crippen LogP contribution in [0, 0.1) is 5.92 Å². The molecule has 6 heteroatoms. The van der Waals surface area contributed by atoms with E-state index in [1.165, 1.54) is 0 Å². The summed E-state index contributed by atoms with van der Waals surface area (Å²) in [6, 6.07) is 0. The van der Waals surface area contributed by atoms with Crippen LogP contribution in [0.15, 0.2) is 0 Å². The first-order valence-corrected chi connectivity index (χ1v) is 6.35. The van der Waals surface area contributed by atoms with Crippen molar-refractivity contribution in [3.63, 3.8) is 0 Å². The quantitative estimate of drug-likeness (QED) is 0.771.